The SMILES string of the molecule is CCCC(C)(NC(=O)NCC1CCS(=O)(=O)C1)C(=O)O. The number of urea groups is 1. The first kappa shape index (κ1) is 16.7. The second-order valence-electron chi connectivity index (χ2n) is 5.49. The second kappa shape index (κ2) is 6.43. The smallest absolute Gasteiger partial charge is 0.329 e. The third-order valence-corrected chi connectivity index (χ3v) is 5.33. The van der Waals surface area contributed by atoms with E-state index < -0.39 is 27.4 Å². The van der Waals surface area contributed by atoms with Crippen LogP contribution in [0.2, 0.25) is 0 Å². The highest BCUT2D eigenvalue weighted by atomic mass is 32.2. The van der Waals surface area contributed by atoms with E-state index in [1.165, 1.54) is 6.92 Å². The lowest BCUT2D eigenvalue weighted by Crippen LogP contribution is -2.55. The molecular formula is C12H22N2O5S. The van der Waals surface area contributed by atoms with Crippen LogP contribution in [0.25, 0.3) is 0 Å². The molecule has 0 aromatic rings. The van der Waals surface area contributed by atoms with Crippen LogP contribution < -0.4 is 10.6 Å². The van der Waals surface area contributed by atoms with E-state index in [9.17, 15) is 18.0 Å². The maximum Gasteiger partial charge on any atom is 0.329 e. The lowest BCUT2D eigenvalue weighted by molar-refractivity contribution is -0.144. The third-order valence-electron chi connectivity index (χ3n) is 3.49. The predicted octanol–water partition coefficient (Wildman–Crippen LogP) is 0.364. The van der Waals surface area contributed by atoms with Gasteiger partial charge in [-0.05, 0) is 25.7 Å². The van der Waals surface area contributed by atoms with Crippen molar-refractivity contribution in [3.05, 3.63) is 0 Å². The zero-order chi connectivity index (χ0) is 15.4. The molecular weight excluding hydrogens is 284 g/mol. The monoisotopic (exact) mass is 306 g/mol. The number of sulfone groups is 1. The van der Waals surface area contributed by atoms with Crippen LogP contribution in [0.3, 0.4) is 0 Å². The van der Waals surface area contributed by atoms with Crippen LogP contribution in [0.5, 0.6) is 0 Å². The summed E-state index contributed by atoms with van der Waals surface area (Å²) in [7, 11) is -2.97. The molecule has 0 bridgehead atoms. The summed E-state index contributed by atoms with van der Waals surface area (Å²) in [6.07, 6.45) is 1.49. The molecule has 2 amide bonds. The minimum Gasteiger partial charge on any atom is -0.480 e. The van der Waals surface area contributed by atoms with Gasteiger partial charge in [0.2, 0.25) is 0 Å². The van der Waals surface area contributed by atoms with Crippen molar-refractivity contribution in [2.45, 2.75) is 38.6 Å². The van der Waals surface area contributed by atoms with Crippen molar-refractivity contribution < 1.29 is 23.1 Å². The third kappa shape index (κ3) is 4.66. The molecule has 0 saturated carbocycles. The van der Waals surface area contributed by atoms with E-state index in [4.69, 9.17) is 5.11 Å². The van der Waals surface area contributed by atoms with Gasteiger partial charge in [-0.1, -0.05) is 13.3 Å². The summed E-state index contributed by atoms with van der Waals surface area (Å²) in [5, 5.41) is 14.1. The minimum atomic E-state index is -2.97. The molecule has 7 nitrogen and oxygen atoms in total. The average molecular weight is 306 g/mol. The number of carboxylic acids is 1. The van der Waals surface area contributed by atoms with Gasteiger partial charge in [-0.3, -0.25) is 0 Å². The van der Waals surface area contributed by atoms with Crippen molar-refractivity contribution in [2.24, 2.45) is 5.92 Å². The zero-order valence-electron chi connectivity index (χ0n) is 11.8. The Labute approximate surface area is 119 Å². The van der Waals surface area contributed by atoms with E-state index in [0.29, 0.717) is 19.3 Å². The molecule has 2 atom stereocenters. The van der Waals surface area contributed by atoms with Crippen LogP contribution in [-0.2, 0) is 14.6 Å². The van der Waals surface area contributed by atoms with E-state index in [-0.39, 0.29) is 24.0 Å². The van der Waals surface area contributed by atoms with Crippen molar-refractivity contribution in [1.29, 1.82) is 0 Å². The maximum atomic E-state index is 11.7. The number of amides is 2. The van der Waals surface area contributed by atoms with Gasteiger partial charge in [0.05, 0.1) is 11.5 Å². The number of carboxylic acid groups (broad SMARTS) is 1. The molecule has 1 aliphatic heterocycles. The molecule has 1 fully saturated rings. The molecule has 0 radical (unpaired) electrons. The molecule has 0 aliphatic carbocycles. The zero-order valence-corrected chi connectivity index (χ0v) is 12.6. The summed E-state index contributed by atoms with van der Waals surface area (Å²) in [4.78, 5) is 22.9. The highest BCUT2D eigenvalue weighted by molar-refractivity contribution is 7.91. The number of nitrogens with one attached hydrogen (secondary N) is 2. The highest BCUT2D eigenvalue weighted by Crippen LogP contribution is 2.17. The molecule has 0 aromatic heterocycles. The lowest BCUT2D eigenvalue weighted by atomic mass is 9.96. The predicted molar refractivity (Wildman–Crippen MR) is 74.2 cm³/mol. The second-order valence-corrected chi connectivity index (χ2v) is 7.72. The van der Waals surface area contributed by atoms with Crippen molar-refractivity contribution in [3.8, 4) is 0 Å². The summed E-state index contributed by atoms with van der Waals surface area (Å²) in [5.74, 6) is -0.937. The van der Waals surface area contributed by atoms with Crippen LogP contribution in [0.1, 0.15) is 33.1 Å². The minimum absolute atomic E-state index is 0.0818. The number of carbonyl (C=O) groups excluding carboxylic acids is 1. The Hall–Kier alpha value is -1.31. The molecule has 20 heavy (non-hydrogen) atoms. The summed E-state index contributed by atoms with van der Waals surface area (Å²) < 4.78 is 22.6. The summed E-state index contributed by atoms with van der Waals surface area (Å²) >= 11 is 0. The first-order chi connectivity index (χ1) is 9.18. The summed E-state index contributed by atoms with van der Waals surface area (Å²) in [5.41, 5.74) is -1.30. The molecule has 116 valence electrons. The summed E-state index contributed by atoms with van der Waals surface area (Å²) in [6.45, 7) is 3.54. The molecule has 2 unspecified atom stereocenters. The van der Waals surface area contributed by atoms with Crippen molar-refractivity contribution in [3.63, 3.8) is 0 Å². The highest BCUT2D eigenvalue weighted by Gasteiger charge is 2.34. The van der Waals surface area contributed by atoms with E-state index >= 15 is 0 Å². The molecule has 1 saturated heterocycles. The molecule has 1 aliphatic rings. The molecule has 1 heterocycles. The topological polar surface area (TPSA) is 113 Å². The number of hydrogen-bond acceptors (Lipinski definition) is 4. The molecule has 8 heteroatoms. The van der Waals surface area contributed by atoms with E-state index in [1.54, 1.807) is 0 Å². The van der Waals surface area contributed by atoms with Crippen LogP contribution in [0.4, 0.5) is 4.79 Å². The van der Waals surface area contributed by atoms with Crippen LogP contribution in [0.15, 0.2) is 0 Å². The first-order valence-electron chi connectivity index (χ1n) is 6.68. The van der Waals surface area contributed by atoms with E-state index in [1.807, 2.05) is 6.92 Å². The van der Waals surface area contributed by atoms with Gasteiger partial charge < -0.3 is 15.7 Å². The Morgan fingerprint density at radius 1 is 1.40 bits per heavy atom. The van der Waals surface area contributed by atoms with Gasteiger partial charge in [-0.15, -0.1) is 0 Å². The number of carbonyl (C=O) groups is 2. The van der Waals surface area contributed by atoms with Gasteiger partial charge in [0.15, 0.2) is 9.84 Å². The molecule has 0 spiro atoms. The molecule has 0 aromatic carbocycles. The van der Waals surface area contributed by atoms with E-state index in [0.717, 1.165) is 0 Å². The van der Waals surface area contributed by atoms with Gasteiger partial charge in [-0.25, -0.2) is 18.0 Å². The Balaban J connectivity index is 2.45. The van der Waals surface area contributed by atoms with Gasteiger partial charge in [0, 0.05) is 6.54 Å². The van der Waals surface area contributed by atoms with Crippen LogP contribution in [-0.4, -0.2) is 49.1 Å². The van der Waals surface area contributed by atoms with Gasteiger partial charge in [0.25, 0.3) is 0 Å². The maximum absolute atomic E-state index is 11.7. The largest absolute Gasteiger partial charge is 0.480 e. The fraction of sp³-hybridized carbons (Fsp3) is 0.833. The Morgan fingerprint density at radius 2 is 2.05 bits per heavy atom. The fourth-order valence-corrected chi connectivity index (χ4v) is 4.15. The number of hydrogen-bond donors (Lipinski definition) is 3. The fourth-order valence-electron chi connectivity index (χ4n) is 2.29. The summed E-state index contributed by atoms with van der Waals surface area (Å²) in [6, 6.07) is -0.576. The average Bonchev–Trinajstić information content (AvgIpc) is 2.66. The Kier molecular flexibility index (Phi) is 5.38. The Morgan fingerprint density at radius 3 is 2.50 bits per heavy atom. The Bertz CT molecular complexity index is 476. The van der Waals surface area contributed by atoms with Crippen molar-refractivity contribution in [1.82, 2.24) is 10.6 Å². The quantitative estimate of drug-likeness (QED) is 0.656. The molecule has 1 rings (SSSR count). The van der Waals surface area contributed by atoms with Gasteiger partial charge in [0.1, 0.15) is 5.54 Å². The first-order valence-corrected chi connectivity index (χ1v) is 8.50. The van der Waals surface area contributed by atoms with E-state index in [2.05, 4.69) is 10.6 Å². The number of aliphatic carboxylic acids is 1. The van der Waals surface area contributed by atoms with Crippen LogP contribution in [0, 0.1) is 5.92 Å². The standard InChI is InChI=1S/C12H22N2O5S/c1-3-5-12(2,10(15)16)14-11(17)13-7-9-4-6-20(18,19)8-9/h9H,3-8H2,1-2H3,(H,15,16)(H2,13,14,17). The number of rotatable bonds is 6. The lowest BCUT2D eigenvalue weighted by Gasteiger charge is -2.26. The van der Waals surface area contributed by atoms with Crippen molar-refractivity contribution in [2.75, 3.05) is 18.1 Å². The van der Waals surface area contributed by atoms with Gasteiger partial charge >= 0.3 is 12.0 Å². The van der Waals surface area contributed by atoms with Crippen molar-refractivity contribution >= 4 is 21.8 Å². The van der Waals surface area contributed by atoms with Crippen LogP contribution >= 0.6 is 0 Å². The van der Waals surface area contributed by atoms with Gasteiger partial charge in [-0.2, -0.15) is 0 Å². The molecule has 3 N–H and O–H groups in total. The normalized spacial score (nSPS) is 23.8.